The maximum atomic E-state index is 9.75. The number of hydrogen-bond acceptors (Lipinski definition) is 3. The van der Waals surface area contributed by atoms with E-state index >= 15 is 0 Å². The fourth-order valence-electron chi connectivity index (χ4n) is 1.83. The van der Waals surface area contributed by atoms with Gasteiger partial charge in [0.15, 0.2) is 0 Å². The molecule has 0 aliphatic carbocycles. The Hall–Kier alpha value is -1.78. The molecule has 2 nitrogen and oxygen atoms in total. The van der Waals surface area contributed by atoms with E-state index in [-0.39, 0.29) is 17.1 Å². The van der Waals surface area contributed by atoms with Crippen LogP contribution in [0.1, 0.15) is 5.69 Å². The number of aromatic nitrogens is 2. The summed E-state index contributed by atoms with van der Waals surface area (Å²) in [6.45, 7) is 0. The monoisotopic (exact) mass is 489 g/mol. The number of nitrogens with zero attached hydrogens (tertiary/aromatic N) is 2. The predicted octanol–water partition coefficient (Wildman–Crippen LogP) is 6.52. The third-order valence-corrected chi connectivity index (χ3v) is 3.78. The van der Waals surface area contributed by atoms with Crippen LogP contribution in [0.2, 0.25) is 0 Å². The molecule has 0 spiro atoms. The summed E-state index contributed by atoms with van der Waals surface area (Å²) in [6.07, 6.45) is 3.67. The normalized spacial score (nSPS) is 10.8. The second kappa shape index (κ2) is 12.7. The number of pyridine rings is 2. The van der Waals surface area contributed by atoms with Crippen molar-refractivity contribution in [3.8, 4) is 0 Å². The van der Waals surface area contributed by atoms with Gasteiger partial charge in [-0.1, -0.05) is 24.3 Å². The van der Waals surface area contributed by atoms with Gasteiger partial charge in [0.25, 0.3) is 0 Å². The smallest absolute Gasteiger partial charge is 0.418 e. The Balaban J connectivity index is 0.000000602. The Labute approximate surface area is 176 Å². The first-order valence-electron chi connectivity index (χ1n) is 7.54. The zero-order chi connectivity index (χ0) is 21.2. The van der Waals surface area contributed by atoms with Gasteiger partial charge in [-0.3, -0.25) is 9.97 Å². The number of fused-ring (bicyclic) bond motifs is 1. The van der Waals surface area contributed by atoms with Crippen molar-refractivity contribution in [1.29, 1.82) is 0 Å². The van der Waals surface area contributed by atoms with Crippen molar-refractivity contribution in [2.75, 3.05) is 0 Å². The molecule has 3 aromatic rings. The molecule has 0 aliphatic heterocycles. The Morgan fingerprint density at radius 2 is 1.24 bits per heavy atom. The van der Waals surface area contributed by atoms with Gasteiger partial charge in [0.05, 0.1) is 11.2 Å². The number of halogens is 8. The van der Waals surface area contributed by atoms with Crippen molar-refractivity contribution in [2.45, 2.75) is 10.6 Å². The van der Waals surface area contributed by atoms with Crippen LogP contribution in [0.15, 0.2) is 65.8 Å². The second-order valence-electron chi connectivity index (χ2n) is 4.93. The van der Waals surface area contributed by atoms with Crippen molar-refractivity contribution in [1.82, 2.24) is 9.97 Å². The molecule has 0 saturated carbocycles. The maximum absolute atomic E-state index is 9.75. The van der Waals surface area contributed by atoms with Gasteiger partial charge >= 0.3 is 31.6 Å². The number of benzene rings is 1. The fraction of sp³-hybridized carbons (Fsp3) is 0.0667. The van der Waals surface area contributed by atoms with E-state index in [0.29, 0.717) is 0 Å². The van der Waals surface area contributed by atoms with E-state index in [0.717, 1.165) is 17.0 Å². The molecule has 0 fully saturated rings. The topological polar surface area (TPSA) is 25.8 Å². The van der Waals surface area contributed by atoms with E-state index < -0.39 is 14.5 Å². The third kappa shape index (κ3) is 14.8. The summed E-state index contributed by atoms with van der Waals surface area (Å²) in [7, 11) is -12.0. The summed E-state index contributed by atoms with van der Waals surface area (Å²) in [6, 6.07) is 16.3. The molecule has 0 N–H and O–H groups in total. The number of para-hydroxylation sites is 1. The van der Waals surface area contributed by atoms with Crippen LogP contribution in [0.5, 0.6) is 0 Å². The van der Waals surface area contributed by atoms with Crippen LogP contribution in [0.3, 0.4) is 0 Å². The average Bonchev–Trinajstić information content (AvgIpc) is 2.58. The molecule has 0 aliphatic rings. The van der Waals surface area contributed by atoms with Crippen LogP contribution in [0.25, 0.3) is 10.9 Å². The van der Waals surface area contributed by atoms with Crippen molar-refractivity contribution in [2.24, 2.45) is 0 Å². The van der Waals surface area contributed by atoms with E-state index in [4.69, 9.17) is 0 Å². The first-order chi connectivity index (χ1) is 12.9. The maximum Gasteiger partial charge on any atom is 2.00 e. The second-order valence-corrected chi connectivity index (χ2v) is 5.95. The molecule has 0 unspecified atom stereocenters. The average molecular weight is 489 g/mol. The van der Waals surface area contributed by atoms with Gasteiger partial charge in [0.2, 0.25) is 0 Å². The molecule has 29 heavy (non-hydrogen) atoms. The van der Waals surface area contributed by atoms with E-state index in [1.54, 1.807) is 11.8 Å². The zero-order valence-corrected chi connectivity index (χ0v) is 16.0. The molecule has 161 valence electrons. The van der Waals surface area contributed by atoms with Crippen LogP contribution in [-0.4, -0.2) is 24.5 Å². The fourth-order valence-corrected chi connectivity index (χ4v) is 2.78. The van der Waals surface area contributed by atoms with Crippen LogP contribution in [0.4, 0.5) is 34.5 Å². The Morgan fingerprint density at radius 1 is 0.690 bits per heavy atom. The summed E-state index contributed by atoms with van der Waals surface area (Å²) < 4.78 is 78.0. The van der Waals surface area contributed by atoms with Crippen molar-refractivity contribution >= 4 is 37.2 Å². The molecule has 1 radical (unpaired) electrons. The molecule has 2 heterocycles. The third-order valence-electron chi connectivity index (χ3n) is 2.70. The van der Waals surface area contributed by atoms with Crippen molar-refractivity contribution < 1.29 is 51.6 Å². The zero-order valence-electron chi connectivity index (χ0n) is 14.3. The molecule has 3 rings (SSSR count). The molecular formula is C15H12B2CuF8N2S. The molecule has 2 aromatic heterocycles. The summed E-state index contributed by atoms with van der Waals surface area (Å²) >= 11 is 1.78. The summed E-state index contributed by atoms with van der Waals surface area (Å²) in [4.78, 5) is 9.99. The summed E-state index contributed by atoms with van der Waals surface area (Å²) in [5.74, 6) is 0.872. The minimum absolute atomic E-state index is 0. The minimum atomic E-state index is -6.00. The van der Waals surface area contributed by atoms with E-state index in [2.05, 4.69) is 34.2 Å². The van der Waals surface area contributed by atoms with Crippen molar-refractivity contribution in [3.05, 3.63) is 66.6 Å². The van der Waals surface area contributed by atoms with Crippen LogP contribution in [-0.2, 0) is 22.8 Å². The van der Waals surface area contributed by atoms with Gasteiger partial charge in [-0.2, -0.15) is 0 Å². The van der Waals surface area contributed by atoms with Gasteiger partial charge < -0.3 is 34.5 Å². The van der Waals surface area contributed by atoms with E-state index in [9.17, 15) is 34.5 Å². The summed E-state index contributed by atoms with van der Waals surface area (Å²) in [5, 5.41) is 1.18. The first-order valence-corrected chi connectivity index (χ1v) is 8.53. The molecule has 1 aromatic carbocycles. The molecule has 0 saturated heterocycles. The largest absolute Gasteiger partial charge is 2.00 e. The van der Waals surface area contributed by atoms with Crippen LogP contribution < -0.4 is 0 Å². The minimum Gasteiger partial charge on any atom is -0.418 e. The van der Waals surface area contributed by atoms with E-state index in [1.807, 2.05) is 36.7 Å². The Morgan fingerprint density at radius 3 is 1.79 bits per heavy atom. The van der Waals surface area contributed by atoms with Crippen molar-refractivity contribution in [3.63, 3.8) is 0 Å². The van der Waals surface area contributed by atoms with Crippen LogP contribution in [0, 0.1) is 0 Å². The van der Waals surface area contributed by atoms with Gasteiger partial charge in [-0.25, -0.2) is 0 Å². The Bertz CT molecular complexity index is 824. The number of hydrogen-bond donors (Lipinski definition) is 0. The first kappa shape index (κ1) is 27.2. The molecular weight excluding hydrogens is 477 g/mol. The molecule has 0 atom stereocenters. The number of thioether (sulfide) groups is 1. The molecule has 0 bridgehead atoms. The quantitative estimate of drug-likeness (QED) is 0.238. The standard InChI is InChI=1S/C15H12N2S.2BF4.Cu/c1-2-9-16-13(7-1)11-18-14-8-3-5-12-6-4-10-17-15(12)14;2*2-1(3,4)5;/h1-10H,11H2;;;/q;2*-1;+2. The van der Waals surface area contributed by atoms with Gasteiger partial charge in [-0.15, -0.1) is 11.8 Å². The van der Waals surface area contributed by atoms with Gasteiger partial charge in [-0.05, 0) is 24.3 Å². The SMILES string of the molecule is F[B-](F)(F)F.F[B-](F)(F)F.[Cu+2].c1ccc(CSc2cccc3cccnc23)nc1. The molecule has 14 heteroatoms. The number of rotatable bonds is 3. The van der Waals surface area contributed by atoms with E-state index in [1.165, 1.54) is 10.3 Å². The predicted molar refractivity (Wildman–Crippen MR) is 95.9 cm³/mol. The van der Waals surface area contributed by atoms with Crippen LogP contribution >= 0.6 is 11.8 Å². The van der Waals surface area contributed by atoms with Gasteiger partial charge in [0.1, 0.15) is 0 Å². The van der Waals surface area contributed by atoms with Gasteiger partial charge in [0, 0.05) is 28.4 Å². The molecule has 0 amide bonds. The summed E-state index contributed by atoms with van der Waals surface area (Å²) in [5.41, 5.74) is 2.16. The Kier molecular flexibility index (Phi) is 11.9.